The number of carbonyl (C=O) groups is 1. The molecule has 1 fully saturated rings. The predicted octanol–water partition coefficient (Wildman–Crippen LogP) is 2.80. The first-order valence-corrected chi connectivity index (χ1v) is 7.03. The third-order valence-corrected chi connectivity index (χ3v) is 3.23. The van der Waals surface area contributed by atoms with Crippen LogP contribution in [-0.2, 0) is 4.74 Å². The zero-order chi connectivity index (χ0) is 14.6. The molecule has 2 unspecified atom stereocenters. The van der Waals surface area contributed by atoms with Gasteiger partial charge in [-0.3, -0.25) is 0 Å². The van der Waals surface area contributed by atoms with Gasteiger partial charge in [0.15, 0.2) is 0 Å². The summed E-state index contributed by atoms with van der Waals surface area (Å²) in [6, 6.07) is 0.331. The van der Waals surface area contributed by atoms with Gasteiger partial charge in [0.05, 0.1) is 0 Å². The molecule has 19 heavy (non-hydrogen) atoms. The number of likely N-dealkylation sites (N-methyl/N-ethyl adjacent to an activating group) is 1. The van der Waals surface area contributed by atoms with E-state index in [0.717, 1.165) is 19.5 Å². The van der Waals surface area contributed by atoms with Crippen molar-refractivity contribution >= 4 is 6.09 Å². The summed E-state index contributed by atoms with van der Waals surface area (Å²) in [5.41, 5.74) is 0.882. The minimum absolute atomic E-state index is 0.193. The number of carbonyl (C=O) groups excluding carboxylic acids is 1. The van der Waals surface area contributed by atoms with Crippen molar-refractivity contribution in [2.75, 3.05) is 20.1 Å². The molecule has 0 aliphatic carbocycles. The SMILES string of the molecule is CNC(C=C(C)C)C1CCN(C(=O)OC(C)(C)C)C1. The van der Waals surface area contributed by atoms with E-state index < -0.39 is 5.60 Å². The molecule has 0 radical (unpaired) electrons. The van der Waals surface area contributed by atoms with Gasteiger partial charge in [0.25, 0.3) is 0 Å². The molecule has 2 atom stereocenters. The summed E-state index contributed by atoms with van der Waals surface area (Å²) in [5.74, 6) is 0.465. The maximum atomic E-state index is 12.0. The van der Waals surface area contributed by atoms with Crippen LogP contribution in [-0.4, -0.2) is 42.8 Å². The Kier molecular flexibility index (Phi) is 5.41. The number of ether oxygens (including phenoxy) is 1. The lowest BCUT2D eigenvalue weighted by Crippen LogP contribution is -2.38. The molecule has 0 bridgehead atoms. The highest BCUT2D eigenvalue weighted by Crippen LogP contribution is 2.23. The average molecular weight is 268 g/mol. The van der Waals surface area contributed by atoms with Crippen LogP contribution in [0.1, 0.15) is 41.0 Å². The maximum absolute atomic E-state index is 12.0. The van der Waals surface area contributed by atoms with E-state index in [-0.39, 0.29) is 6.09 Å². The largest absolute Gasteiger partial charge is 0.444 e. The summed E-state index contributed by atoms with van der Waals surface area (Å²) in [4.78, 5) is 13.8. The van der Waals surface area contributed by atoms with Crippen molar-refractivity contribution in [3.8, 4) is 0 Å². The van der Waals surface area contributed by atoms with E-state index >= 15 is 0 Å². The van der Waals surface area contributed by atoms with Gasteiger partial charge in [-0.2, -0.15) is 0 Å². The summed E-state index contributed by atoms with van der Waals surface area (Å²) in [7, 11) is 1.97. The number of hydrogen-bond acceptors (Lipinski definition) is 3. The third-order valence-electron chi connectivity index (χ3n) is 3.23. The zero-order valence-corrected chi connectivity index (χ0v) is 13.1. The summed E-state index contributed by atoms with van der Waals surface area (Å²) in [6.45, 7) is 11.5. The lowest BCUT2D eigenvalue weighted by Gasteiger charge is -2.25. The molecule has 1 rings (SSSR count). The monoisotopic (exact) mass is 268 g/mol. The van der Waals surface area contributed by atoms with Gasteiger partial charge in [0, 0.05) is 19.1 Å². The molecule has 0 saturated carbocycles. The molecular weight excluding hydrogens is 240 g/mol. The number of nitrogens with one attached hydrogen (secondary N) is 1. The normalized spacial score (nSPS) is 21.2. The second kappa shape index (κ2) is 6.42. The summed E-state index contributed by atoms with van der Waals surface area (Å²) >= 11 is 0. The van der Waals surface area contributed by atoms with Gasteiger partial charge in [0.1, 0.15) is 5.60 Å². The third kappa shape index (κ3) is 5.23. The molecule has 1 aliphatic rings. The molecule has 1 amide bonds. The lowest BCUT2D eigenvalue weighted by molar-refractivity contribution is 0.0287. The first-order valence-electron chi connectivity index (χ1n) is 7.03. The number of nitrogens with zero attached hydrogens (tertiary/aromatic N) is 1. The number of rotatable bonds is 3. The van der Waals surface area contributed by atoms with Gasteiger partial charge in [-0.25, -0.2) is 4.79 Å². The predicted molar refractivity (Wildman–Crippen MR) is 78.2 cm³/mol. The summed E-state index contributed by atoms with van der Waals surface area (Å²) in [6.07, 6.45) is 3.07. The highest BCUT2D eigenvalue weighted by Gasteiger charge is 2.32. The van der Waals surface area contributed by atoms with Crippen LogP contribution in [0.4, 0.5) is 4.79 Å². The van der Waals surface area contributed by atoms with E-state index in [0.29, 0.717) is 12.0 Å². The van der Waals surface area contributed by atoms with Crippen LogP contribution in [0.5, 0.6) is 0 Å². The van der Waals surface area contributed by atoms with E-state index in [1.807, 2.05) is 32.7 Å². The standard InChI is InChI=1S/C15H28N2O2/c1-11(2)9-13(16-6)12-7-8-17(10-12)14(18)19-15(3,4)5/h9,12-13,16H,7-8,10H2,1-6H3. The summed E-state index contributed by atoms with van der Waals surface area (Å²) < 4.78 is 5.42. The van der Waals surface area contributed by atoms with E-state index in [9.17, 15) is 4.79 Å². The van der Waals surface area contributed by atoms with E-state index in [1.54, 1.807) is 0 Å². The quantitative estimate of drug-likeness (QED) is 0.800. The van der Waals surface area contributed by atoms with Crippen molar-refractivity contribution < 1.29 is 9.53 Å². The molecule has 1 heterocycles. The van der Waals surface area contributed by atoms with Crippen LogP contribution in [0.25, 0.3) is 0 Å². The Bertz CT molecular complexity index is 341. The van der Waals surface area contributed by atoms with Crippen LogP contribution in [0.2, 0.25) is 0 Å². The number of allylic oxidation sites excluding steroid dienone is 1. The van der Waals surface area contributed by atoms with Crippen molar-refractivity contribution in [1.29, 1.82) is 0 Å². The average Bonchev–Trinajstić information content (AvgIpc) is 2.72. The second-order valence-corrected chi connectivity index (χ2v) is 6.53. The van der Waals surface area contributed by atoms with Crippen molar-refractivity contribution in [2.45, 2.75) is 52.7 Å². The number of likely N-dealkylation sites (tertiary alicyclic amines) is 1. The van der Waals surface area contributed by atoms with Crippen LogP contribution >= 0.6 is 0 Å². The van der Waals surface area contributed by atoms with Crippen molar-refractivity contribution in [1.82, 2.24) is 10.2 Å². The van der Waals surface area contributed by atoms with Crippen molar-refractivity contribution in [3.63, 3.8) is 0 Å². The number of hydrogen-bond donors (Lipinski definition) is 1. The Labute approximate surface area is 117 Å². The van der Waals surface area contributed by atoms with Gasteiger partial charge in [-0.1, -0.05) is 11.6 Å². The van der Waals surface area contributed by atoms with Gasteiger partial charge in [-0.15, -0.1) is 0 Å². The Hall–Kier alpha value is -1.03. The highest BCUT2D eigenvalue weighted by atomic mass is 16.6. The van der Waals surface area contributed by atoms with Gasteiger partial charge >= 0.3 is 6.09 Å². The Morgan fingerprint density at radius 3 is 2.53 bits per heavy atom. The topological polar surface area (TPSA) is 41.6 Å². The minimum atomic E-state index is -0.419. The molecule has 0 aromatic heterocycles. The van der Waals surface area contributed by atoms with Crippen molar-refractivity contribution in [2.24, 2.45) is 5.92 Å². The van der Waals surface area contributed by atoms with Gasteiger partial charge in [0.2, 0.25) is 0 Å². The van der Waals surface area contributed by atoms with Gasteiger partial charge < -0.3 is 15.0 Å². The summed E-state index contributed by atoms with van der Waals surface area (Å²) in [5, 5.41) is 3.33. The Balaban J connectivity index is 2.58. The van der Waals surface area contributed by atoms with E-state index in [2.05, 4.69) is 25.2 Å². The van der Waals surface area contributed by atoms with Gasteiger partial charge in [-0.05, 0) is 54.0 Å². The minimum Gasteiger partial charge on any atom is -0.444 e. The molecular formula is C15H28N2O2. The lowest BCUT2D eigenvalue weighted by atomic mass is 9.97. The molecule has 1 aliphatic heterocycles. The first kappa shape index (κ1) is 16.0. The van der Waals surface area contributed by atoms with Crippen LogP contribution < -0.4 is 5.32 Å². The molecule has 4 heteroatoms. The molecule has 0 spiro atoms. The van der Waals surface area contributed by atoms with E-state index in [4.69, 9.17) is 4.74 Å². The second-order valence-electron chi connectivity index (χ2n) is 6.53. The van der Waals surface area contributed by atoms with E-state index in [1.165, 1.54) is 5.57 Å². The molecule has 110 valence electrons. The van der Waals surface area contributed by atoms with Crippen LogP contribution in [0.3, 0.4) is 0 Å². The molecule has 1 N–H and O–H groups in total. The fraction of sp³-hybridized carbons (Fsp3) is 0.800. The Morgan fingerprint density at radius 1 is 1.42 bits per heavy atom. The van der Waals surface area contributed by atoms with Crippen molar-refractivity contribution in [3.05, 3.63) is 11.6 Å². The smallest absolute Gasteiger partial charge is 0.410 e. The highest BCUT2D eigenvalue weighted by molar-refractivity contribution is 5.68. The first-order chi connectivity index (χ1) is 8.73. The molecule has 4 nitrogen and oxygen atoms in total. The Morgan fingerprint density at radius 2 is 2.05 bits per heavy atom. The molecule has 0 aromatic rings. The fourth-order valence-electron chi connectivity index (χ4n) is 2.39. The fourth-order valence-corrected chi connectivity index (χ4v) is 2.39. The number of amides is 1. The van der Waals surface area contributed by atoms with Crippen LogP contribution in [0.15, 0.2) is 11.6 Å². The van der Waals surface area contributed by atoms with Crippen LogP contribution in [0, 0.1) is 5.92 Å². The molecule has 0 aromatic carbocycles. The zero-order valence-electron chi connectivity index (χ0n) is 13.1. The molecule has 1 saturated heterocycles. The maximum Gasteiger partial charge on any atom is 0.410 e.